The zero-order valence-electron chi connectivity index (χ0n) is 10.3. The second-order valence-corrected chi connectivity index (χ2v) is 6.46. The van der Waals surface area contributed by atoms with Crippen molar-refractivity contribution in [3.8, 4) is 0 Å². The number of nitrogens with one attached hydrogen (secondary N) is 1. The van der Waals surface area contributed by atoms with Gasteiger partial charge in [0.2, 0.25) is 0 Å². The Labute approximate surface area is 124 Å². The summed E-state index contributed by atoms with van der Waals surface area (Å²) in [5.74, 6) is 0.0129. The van der Waals surface area contributed by atoms with Gasteiger partial charge in [0.15, 0.2) is 0 Å². The third kappa shape index (κ3) is 2.60. The van der Waals surface area contributed by atoms with Gasteiger partial charge < -0.3 is 9.88 Å². The van der Waals surface area contributed by atoms with Crippen molar-refractivity contribution in [1.29, 1.82) is 0 Å². The maximum atomic E-state index is 12.2. The van der Waals surface area contributed by atoms with Crippen molar-refractivity contribution in [2.24, 2.45) is 0 Å². The molecule has 6 heteroatoms. The van der Waals surface area contributed by atoms with E-state index in [1.54, 1.807) is 6.20 Å². The van der Waals surface area contributed by atoms with E-state index in [1.165, 1.54) is 11.3 Å². The maximum absolute atomic E-state index is 12.2. The Bertz CT molecular complexity index is 566. The van der Waals surface area contributed by atoms with Crippen molar-refractivity contribution in [3.63, 3.8) is 0 Å². The van der Waals surface area contributed by atoms with Crippen LogP contribution in [0.3, 0.4) is 0 Å². The van der Waals surface area contributed by atoms with Crippen LogP contribution >= 0.6 is 27.3 Å². The van der Waals surface area contributed by atoms with Crippen LogP contribution in [0.1, 0.15) is 35.0 Å². The van der Waals surface area contributed by atoms with Crippen LogP contribution in [0.2, 0.25) is 0 Å². The highest BCUT2D eigenvalue weighted by atomic mass is 79.9. The van der Waals surface area contributed by atoms with Crippen LogP contribution in [-0.4, -0.2) is 21.5 Å². The third-order valence-corrected chi connectivity index (χ3v) is 5.36. The number of thiophene rings is 1. The molecule has 2 unspecified atom stereocenters. The molecule has 0 radical (unpaired) electrons. The highest BCUT2D eigenvalue weighted by molar-refractivity contribution is 9.10. The Morgan fingerprint density at radius 3 is 3.11 bits per heavy atom. The minimum atomic E-state index is 0.0129. The molecule has 1 aliphatic rings. The van der Waals surface area contributed by atoms with E-state index >= 15 is 0 Å². The molecule has 19 heavy (non-hydrogen) atoms. The number of aromatic nitrogens is 2. The zero-order valence-corrected chi connectivity index (χ0v) is 12.7. The minimum absolute atomic E-state index is 0.0129. The molecule has 0 bridgehead atoms. The second kappa shape index (κ2) is 5.46. The third-order valence-electron chi connectivity index (χ3n) is 3.53. The fourth-order valence-electron chi connectivity index (χ4n) is 2.62. The molecule has 1 saturated carbocycles. The molecule has 1 fully saturated rings. The molecule has 1 amide bonds. The maximum Gasteiger partial charge on any atom is 0.262 e. The smallest absolute Gasteiger partial charge is 0.262 e. The summed E-state index contributed by atoms with van der Waals surface area (Å²) in [6.45, 7) is 0. The quantitative estimate of drug-likeness (QED) is 0.933. The summed E-state index contributed by atoms with van der Waals surface area (Å²) >= 11 is 4.87. The molecule has 4 nitrogen and oxygen atoms in total. The lowest BCUT2D eigenvalue weighted by molar-refractivity contribution is 0.0932. The molecule has 2 aromatic rings. The first-order valence-corrected chi connectivity index (χ1v) is 7.94. The van der Waals surface area contributed by atoms with Crippen LogP contribution in [0.15, 0.2) is 34.6 Å². The molecular weight excluding hydrogens is 326 g/mol. The summed E-state index contributed by atoms with van der Waals surface area (Å²) in [6, 6.07) is 2.42. The van der Waals surface area contributed by atoms with Crippen LogP contribution < -0.4 is 5.32 Å². The number of imidazole rings is 1. The van der Waals surface area contributed by atoms with Crippen molar-refractivity contribution in [2.75, 3.05) is 0 Å². The molecule has 2 heterocycles. The van der Waals surface area contributed by atoms with E-state index in [9.17, 15) is 4.79 Å². The molecule has 0 saturated heterocycles. The number of rotatable bonds is 3. The van der Waals surface area contributed by atoms with Crippen molar-refractivity contribution in [1.82, 2.24) is 14.9 Å². The normalized spacial score (nSPS) is 22.6. The standard InChI is InChI=1S/C13H14BrN3OS/c14-9-4-7-19-12(9)13(18)16-10-2-1-3-11(10)17-6-5-15-8-17/h4-8,10-11H,1-3H2,(H,16,18). The van der Waals surface area contributed by atoms with Crippen molar-refractivity contribution < 1.29 is 4.79 Å². The molecule has 0 aromatic carbocycles. The average molecular weight is 340 g/mol. The van der Waals surface area contributed by atoms with Gasteiger partial charge in [0, 0.05) is 22.9 Å². The van der Waals surface area contributed by atoms with Crippen LogP contribution in [0, 0.1) is 0 Å². The molecule has 0 aliphatic heterocycles. The van der Waals surface area contributed by atoms with Crippen LogP contribution in [-0.2, 0) is 0 Å². The summed E-state index contributed by atoms with van der Waals surface area (Å²) in [5, 5.41) is 5.07. The van der Waals surface area contributed by atoms with Gasteiger partial charge in [0.05, 0.1) is 12.4 Å². The summed E-state index contributed by atoms with van der Waals surface area (Å²) in [5.41, 5.74) is 0. The van der Waals surface area contributed by atoms with E-state index in [1.807, 2.05) is 24.0 Å². The lowest BCUT2D eigenvalue weighted by Crippen LogP contribution is -2.37. The first kappa shape index (κ1) is 12.9. The number of carbonyl (C=O) groups excluding carboxylic acids is 1. The number of hydrogen-bond acceptors (Lipinski definition) is 3. The number of halogens is 1. The molecule has 1 N–H and O–H groups in total. The van der Waals surface area contributed by atoms with Crippen molar-refractivity contribution in [3.05, 3.63) is 39.5 Å². The number of amides is 1. The number of hydrogen-bond donors (Lipinski definition) is 1. The van der Waals surface area contributed by atoms with E-state index in [0.29, 0.717) is 6.04 Å². The van der Waals surface area contributed by atoms with Gasteiger partial charge in [0.25, 0.3) is 5.91 Å². The molecule has 1 aliphatic carbocycles. The topological polar surface area (TPSA) is 46.9 Å². The Kier molecular flexibility index (Phi) is 3.70. The predicted octanol–water partition coefficient (Wildman–Crippen LogP) is 3.23. The Morgan fingerprint density at radius 1 is 1.53 bits per heavy atom. The fourth-order valence-corrected chi connectivity index (χ4v) is 4.08. The number of carbonyl (C=O) groups is 1. The monoisotopic (exact) mass is 339 g/mol. The van der Waals surface area contributed by atoms with Gasteiger partial charge in [-0.2, -0.15) is 0 Å². The molecule has 0 spiro atoms. The largest absolute Gasteiger partial charge is 0.346 e. The van der Waals surface area contributed by atoms with E-state index in [4.69, 9.17) is 0 Å². The highest BCUT2D eigenvalue weighted by Crippen LogP contribution is 2.31. The van der Waals surface area contributed by atoms with E-state index < -0.39 is 0 Å². The van der Waals surface area contributed by atoms with Crippen LogP contribution in [0.4, 0.5) is 0 Å². The Morgan fingerprint density at radius 2 is 2.42 bits per heavy atom. The fraction of sp³-hybridized carbons (Fsp3) is 0.385. The molecule has 3 rings (SSSR count). The lowest BCUT2D eigenvalue weighted by Gasteiger charge is -2.21. The predicted molar refractivity (Wildman–Crippen MR) is 78.4 cm³/mol. The first-order chi connectivity index (χ1) is 9.25. The van der Waals surface area contributed by atoms with Gasteiger partial charge in [-0.3, -0.25) is 4.79 Å². The van der Waals surface area contributed by atoms with Gasteiger partial charge in [0.1, 0.15) is 4.88 Å². The molecule has 100 valence electrons. The minimum Gasteiger partial charge on any atom is -0.346 e. The van der Waals surface area contributed by atoms with Crippen molar-refractivity contribution >= 4 is 33.2 Å². The van der Waals surface area contributed by atoms with Crippen LogP contribution in [0.25, 0.3) is 0 Å². The van der Waals surface area contributed by atoms with Gasteiger partial charge in [-0.1, -0.05) is 0 Å². The Hall–Kier alpha value is -1.14. The van der Waals surface area contributed by atoms with E-state index in [-0.39, 0.29) is 11.9 Å². The number of nitrogens with zero attached hydrogens (tertiary/aromatic N) is 2. The molecule has 2 atom stereocenters. The van der Waals surface area contributed by atoms with Crippen LogP contribution in [0.5, 0.6) is 0 Å². The van der Waals surface area contributed by atoms with Gasteiger partial charge in [-0.15, -0.1) is 11.3 Å². The Balaban J connectivity index is 1.72. The summed E-state index contributed by atoms with van der Waals surface area (Å²) < 4.78 is 2.97. The average Bonchev–Trinajstić information content (AvgIpc) is 3.07. The SMILES string of the molecule is O=C(NC1CCCC1n1ccnc1)c1sccc1Br. The summed E-state index contributed by atoms with van der Waals surface area (Å²) in [7, 11) is 0. The lowest BCUT2D eigenvalue weighted by atomic mass is 10.1. The second-order valence-electron chi connectivity index (χ2n) is 4.69. The summed E-state index contributed by atoms with van der Waals surface area (Å²) in [4.78, 5) is 17.1. The van der Waals surface area contributed by atoms with E-state index in [0.717, 1.165) is 28.6 Å². The summed E-state index contributed by atoms with van der Waals surface area (Å²) in [6.07, 6.45) is 8.84. The first-order valence-electron chi connectivity index (χ1n) is 6.27. The molecule has 2 aromatic heterocycles. The zero-order chi connectivity index (χ0) is 13.2. The van der Waals surface area contributed by atoms with E-state index in [2.05, 4.69) is 30.8 Å². The van der Waals surface area contributed by atoms with Gasteiger partial charge in [-0.05, 0) is 46.6 Å². The van der Waals surface area contributed by atoms with Gasteiger partial charge in [-0.25, -0.2) is 4.98 Å². The van der Waals surface area contributed by atoms with Crippen molar-refractivity contribution in [2.45, 2.75) is 31.3 Å². The van der Waals surface area contributed by atoms with Gasteiger partial charge >= 0.3 is 0 Å². The highest BCUT2D eigenvalue weighted by Gasteiger charge is 2.30. The molecular formula is C13H14BrN3OS.